The van der Waals surface area contributed by atoms with Crippen LogP contribution in [-0.2, 0) is 9.59 Å². The number of aliphatic hydroxyl groups excluding tert-OH is 2. The lowest BCUT2D eigenvalue weighted by Gasteiger charge is -2.20. The highest BCUT2D eigenvalue weighted by Gasteiger charge is 2.28. The maximum absolute atomic E-state index is 12.3. The van der Waals surface area contributed by atoms with Crippen molar-refractivity contribution in [3.05, 3.63) is 11.7 Å². The fourth-order valence-corrected chi connectivity index (χ4v) is 2.96. The summed E-state index contributed by atoms with van der Waals surface area (Å²) in [6, 6.07) is -4.18. The Bertz CT molecular complexity index is 725. The van der Waals surface area contributed by atoms with Crippen LogP contribution in [0.3, 0.4) is 0 Å². The Balaban J connectivity index is 2.78. The molecule has 12 heteroatoms. The number of hydrogen-bond acceptors (Lipinski definition) is 9. The van der Waals surface area contributed by atoms with Crippen LogP contribution >= 0.6 is 0 Å². The number of nitrogens with one attached hydrogen (secondary N) is 2. The van der Waals surface area contributed by atoms with Crippen molar-refractivity contribution in [2.45, 2.75) is 89.4 Å². The summed E-state index contributed by atoms with van der Waals surface area (Å²) in [4.78, 5) is 39.9. The SMILES string of the molecule is CCCCCCCC(=O)CC[C@@H](NC(=O)N[C@H](C(=O)O)C(C)O)c1nc([C@@H](N)CO)no1. The van der Waals surface area contributed by atoms with Crippen molar-refractivity contribution >= 4 is 17.8 Å². The van der Waals surface area contributed by atoms with Crippen LogP contribution in [0, 0.1) is 0 Å². The van der Waals surface area contributed by atoms with Gasteiger partial charge in [0.25, 0.3) is 0 Å². The van der Waals surface area contributed by atoms with E-state index in [0.29, 0.717) is 6.42 Å². The van der Waals surface area contributed by atoms with Gasteiger partial charge in [-0.15, -0.1) is 0 Å². The van der Waals surface area contributed by atoms with Crippen LogP contribution in [0.4, 0.5) is 4.79 Å². The van der Waals surface area contributed by atoms with E-state index < -0.39 is 42.8 Å². The Kier molecular flexibility index (Phi) is 12.4. The van der Waals surface area contributed by atoms with Crippen molar-refractivity contribution in [2.24, 2.45) is 5.73 Å². The minimum atomic E-state index is -1.53. The Morgan fingerprint density at radius 1 is 1.12 bits per heavy atom. The largest absolute Gasteiger partial charge is 0.480 e. The molecule has 1 rings (SSSR count). The summed E-state index contributed by atoms with van der Waals surface area (Å²) in [6.45, 7) is 2.93. The summed E-state index contributed by atoms with van der Waals surface area (Å²) >= 11 is 0. The number of ketones is 1. The number of nitrogens with two attached hydrogens (primary N) is 1. The minimum absolute atomic E-state index is 0.0212. The maximum Gasteiger partial charge on any atom is 0.328 e. The highest BCUT2D eigenvalue weighted by atomic mass is 16.5. The molecule has 1 aromatic rings. The number of carboxylic acid groups (broad SMARTS) is 1. The molecule has 0 aliphatic rings. The zero-order chi connectivity index (χ0) is 24.1. The monoisotopic (exact) mass is 457 g/mol. The number of carbonyl (C=O) groups excluding carboxylic acids is 2. The van der Waals surface area contributed by atoms with E-state index in [1.165, 1.54) is 6.92 Å². The van der Waals surface area contributed by atoms with Crippen molar-refractivity contribution in [3.8, 4) is 0 Å². The van der Waals surface area contributed by atoms with Gasteiger partial charge >= 0.3 is 12.0 Å². The van der Waals surface area contributed by atoms with Crippen LogP contribution in [0.2, 0.25) is 0 Å². The third-order valence-corrected chi connectivity index (χ3v) is 4.90. The number of carbonyl (C=O) groups is 3. The molecule has 0 saturated carbocycles. The smallest absolute Gasteiger partial charge is 0.328 e. The molecule has 0 aliphatic carbocycles. The molecular weight excluding hydrogens is 422 g/mol. The molecule has 0 saturated heterocycles. The van der Waals surface area contributed by atoms with E-state index in [-0.39, 0.29) is 30.3 Å². The number of hydrogen-bond donors (Lipinski definition) is 6. The molecular formula is C20H35N5O7. The number of aliphatic hydroxyl groups is 2. The number of unbranched alkanes of at least 4 members (excludes halogenated alkanes) is 4. The standard InChI is InChI=1S/C20H35N5O7/c1-3-4-5-6-7-8-13(28)9-10-15(18-24-17(25-32-18)14(21)11-26)22-20(31)23-16(12(2)27)19(29)30/h12,14-16,26-27H,3-11,21H2,1-2H3,(H,29,30)(H2,22,23,31)/t12?,14-,15+,16-/m0/s1. The normalized spacial score (nSPS) is 14.9. The van der Waals surface area contributed by atoms with E-state index in [0.717, 1.165) is 32.1 Å². The second-order valence-electron chi connectivity index (χ2n) is 7.75. The van der Waals surface area contributed by atoms with Gasteiger partial charge in [0.15, 0.2) is 11.9 Å². The summed E-state index contributed by atoms with van der Waals surface area (Å²) in [7, 11) is 0. The molecule has 0 aromatic carbocycles. The van der Waals surface area contributed by atoms with Gasteiger partial charge in [-0.05, 0) is 19.8 Å². The second kappa shape index (κ2) is 14.5. The zero-order valence-corrected chi connectivity index (χ0v) is 18.6. The molecule has 0 fully saturated rings. The van der Waals surface area contributed by atoms with Crippen LogP contribution in [0.1, 0.15) is 89.0 Å². The van der Waals surface area contributed by atoms with Gasteiger partial charge in [-0.3, -0.25) is 4.79 Å². The molecule has 1 aromatic heterocycles. The van der Waals surface area contributed by atoms with E-state index in [1.807, 2.05) is 0 Å². The van der Waals surface area contributed by atoms with Crippen molar-refractivity contribution in [1.82, 2.24) is 20.8 Å². The van der Waals surface area contributed by atoms with Gasteiger partial charge in [0.05, 0.1) is 18.8 Å². The topological polar surface area (TPSA) is 201 Å². The molecule has 0 bridgehead atoms. The fourth-order valence-electron chi connectivity index (χ4n) is 2.96. The van der Waals surface area contributed by atoms with Gasteiger partial charge in [-0.25, -0.2) is 9.59 Å². The number of aliphatic carboxylic acids is 1. The molecule has 2 amide bonds. The van der Waals surface area contributed by atoms with Crippen LogP contribution < -0.4 is 16.4 Å². The molecule has 1 heterocycles. The number of Topliss-reactive ketones (excluding diaryl/α,β-unsaturated/α-hetero) is 1. The highest BCUT2D eigenvalue weighted by molar-refractivity contribution is 5.83. The number of rotatable bonds is 16. The molecule has 0 aliphatic heterocycles. The van der Waals surface area contributed by atoms with E-state index >= 15 is 0 Å². The fraction of sp³-hybridized carbons (Fsp3) is 0.750. The zero-order valence-electron chi connectivity index (χ0n) is 18.6. The number of nitrogens with zero attached hydrogens (tertiary/aromatic N) is 2. The van der Waals surface area contributed by atoms with E-state index in [2.05, 4.69) is 27.7 Å². The number of urea groups is 1. The average Bonchev–Trinajstić information content (AvgIpc) is 3.23. The van der Waals surface area contributed by atoms with Crippen molar-refractivity contribution in [2.75, 3.05) is 6.61 Å². The summed E-state index contributed by atoms with van der Waals surface area (Å²) in [5.74, 6) is -1.38. The maximum atomic E-state index is 12.3. The predicted molar refractivity (Wildman–Crippen MR) is 113 cm³/mol. The van der Waals surface area contributed by atoms with Gasteiger partial charge < -0.3 is 36.2 Å². The summed E-state index contributed by atoms with van der Waals surface area (Å²) in [5, 5.41) is 36.2. The molecule has 0 radical (unpaired) electrons. The summed E-state index contributed by atoms with van der Waals surface area (Å²) < 4.78 is 5.14. The number of amides is 2. The Morgan fingerprint density at radius 2 is 1.81 bits per heavy atom. The predicted octanol–water partition coefficient (Wildman–Crippen LogP) is 0.946. The van der Waals surface area contributed by atoms with E-state index in [4.69, 9.17) is 20.5 Å². The minimum Gasteiger partial charge on any atom is -0.480 e. The van der Waals surface area contributed by atoms with E-state index in [9.17, 15) is 19.5 Å². The Hall–Kier alpha value is -2.57. The first-order valence-corrected chi connectivity index (χ1v) is 10.9. The third kappa shape index (κ3) is 9.71. The molecule has 4 atom stereocenters. The number of carboxylic acids is 1. The molecule has 182 valence electrons. The first-order chi connectivity index (χ1) is 15.2. The molecule has 7 N–H and O–H groups in total. The molecule has 1 unspecified atom stereocenters. The first kappa shape index (κ1) is 27.5. The van der Waals surface area contributed by atoms with Crippen LogP contribution in [-0.4, -0.2) is 62.0 Å². The van der Waals surface area contributed by atoms with Crippen molar-refractivity contribution < 1.29 is 34.2 Å². The van der Waals surface area contributed by atoms with Gasteiger partial charge in [-0.1, -0.05) is 37.8 Å². The van der Waals surface area contributed by atoms with Crippen LogP contribution in [0.15, 0.2) is 4.52 Å². The molecule has 12 nitrogen and oxygen atoms in total. The first-order valence-electron chi connectivity index (χ1n) is 10.9. The summed E-state index contributed by atoms with van der Waals surface area (Å²) in [6.07, 6.45) is 4.48. The van der Waals surface area contributed by atoms with Gasteiger partial charge in [-0.2, -0.15) is 4.98 Å². The number of aromatic nitrogens is 2. The Labute approximate surface area is 186 Å². The Morgan fingerprint density at radius 3 is 2.41 bits per heavy atom. The molecule has 0 spiro atoms. The lowest BCUT2D eigenvalue weighted by Crippen LogP contribution is -2.51. The van der Waals surface area contributed by atoms with Gasteiger partial charge in [0.2, 0.25) is 5.89 Å². The third-order valence-electron chi connectivity index (χ3n) is 4.90. The van der Waals surface area contributed by atoms with E-state index in [1.54, 1.807) is 0 Å². The second-order valence-corrected chi connectivity index (χ2v) is 7.75. The van der Waals surface area contributed by atoms with Gasteiger partial charge in [0, 0.05) is 12.8 Å². The quantitative estimate of drug-likeness (QED) is 0.194. The lowest BCUT2D eigenvalue weighted by atomic mass is 10.0. The van der Waals surface area contributed by atoms with Crippen LogP contribution in [0.5, 0.6) is 0 Å². The van der Waals surface area contributed by atoms with Crippen molar-refractivity contribution in [3.63, 3.8) is 0 Å². The van der Waals surface area contributed by atoms with Crippen LogP contribution in [0.25, 0.3) is 0 Å². The highest BCUT2D eigenvalue weighted by Crippen LogP contribution is 2.20. The summed E-state index contributed by atoms with van der Waals surface area (Å²) in [5.41, 5.74) is 5.67. The average molecular weight is 458 g/mol. The van der Waals surface area contributed by atoms with Crippen molar-refractivity contribution in [1.29, 1.82) is 0 Å². The van der Waals surface area contributed by atoms with Gasteiger partial charge in [0.1, 0.15) is 11.8 Å². The molecule has 32 heavy (non-hydrogen) atoms. The lowest BCUT2D eigenvalue weighted by molar-refractivity contribution is -0.141.